The van der Waals surface area contributed by atoms with Gasteiger partial charge in [0.15, 0.2) is 9.84 Å². The summed E-state index contributed by atoms with van der Waals surface area (Å²) in [6.07, 6.45) is 4.51. The number of aromatic amines is 1. The first-order valence-electron chi connectivity index (χ1n) is 8.54. The molecule has 2 aliphatic rings. The molecule has 0 saturated carbocycles. The van der Waals surface area contributed by atoms with Crippen molar-refractivity contribution in [1.29, 1.82) is 0 Å². The van der Waals surface area contributed by atoms with Crippen molar-refractivity contribution in [3.63, 3.8) is 0 Å². The van der Waals surface area contributed by atoms with E-state index in [9.17, 15) is 13.2 Å². The van der Waals surface area contributed by atoms with Crippen molar-refractivity contribution < 1.29 is 8.42 Å². The molecule has 8 nitrogen and oxygen atoms in total. The molecule has 4 heterocycles. The first-order valence-corrected chi connectivity index (χ1v) is 10.4. The second-order valence-corrected chi connectivity index (χ2v) is 9.03. The number of nitrogens with zero attached hydrogens (tertiary/aromatic N) is 4. The highest BCUT2D eigenvalue weighted by Gasteiger charge is 2.30. The molecule has 2 saturated heterocycles. The van der Waals surface area contributed by atoms with E-state index >= 15 is 0 Å². The summed E-state index contributed by atoms with van der Waals surface area (Å²) in [6.45, 7) is 3.84. The molecule has 0 aliphatic carbocycles. The maximum Gasteiger partial charge on any atom is 0.267 e. The van der Waals surface area contributed by atoms with Gasteiger partial charge in [-0.3, -0.25) is 9.89 Å². The van der Waals surface area contributed by atoms with E-state index in [2.05, 4.69) is 20.0 Å². The normalized spacial score (nSPS) is 22.6. The van der Waals surface area contributed by atoms with Crippen LogP contribution in [0.4, 0.5) is 5.95 Å². The Balaban J connectivity index is 1.64. The Labute approximate surface area is 145 Å². The zero-order chi connectivity index (χ0) is 17.6. The quantitative estimate of drug-likeness (QED) is 0.869. The summed E-state index contributed by atoms with van der Waals surface area (Å²) in [5.74, 6) is 0.865. The fourth-order valence-electron chi connectivity index (χ4n) is 3.59. The number of nitrogens with one attached hydrogen (secondary N) is 1. The number of sulfone groups is 1. The zero-order valence-corrected chi connectivity index (χ0v) is 14.9. The Morgan fingerprint density at radius 3 is 2.68 bits per heavy atom. The molecule has 9 heteroatoms. The van der Waals surface area contributed by atoms with Crippen molar-refractivity contribution in [3.8, 4) is 11.3 Å². The van der Waals surface area contributed by atoms with E-state index < -0.39 is 9.84 Å². The summed E-state index contributed by atoms with van der Waals surface area (Å²) in [4.78, 5) is 23.5. The van der Waals surface area contributed by atoms with E-state index in [1.807, 2.05) is 6.92 Å². The Morgan fingerprint density at radius 2 is 2.04 bits per heavy atom. The summed E-state index contributed by atoms with van der Waals surface area (Å²) < 4.78 is 24.8. The molecule has 0 spiro atoms. The minimum atomic E-state index is -3.05. The lowest BCUT2D eigenvalue weighted by Gasteiger charge is -2.16. The van der Waals surface area contributed by atoms with Gasteiger partial charge >= 0.3 is 0 Å². The number of hydrogen-bond donors (Lipinski definition) is 1. The average molecular weight is 363 g/mol. The molecule has 2 aliphatic heterocycles. The lowest BCUT2D eigenvalue weighted by molar-refractivity contribution is 0.487. The average Bonchev–Trinajstić information content (AvgIpc) is 3.27. The number of aryl methyl sites for hydroxylation is 1. The number of H-pyrrole nitrogens is 1. The molecule has 134 valence electrons. The van der Waals surface area contributed by atoms with Gasteiger partial charge in [0.25, 0.3) is 5.56 Å². The summed E-state index contributed by atoms with van der Waals surface area (Å²) in [6, 6.07) is 1.17. The van der Waals surface area contributed by atoms with Gasteiger partial charge in [0.05, 0.1) is 28.9 Å². The van der Waals surface area contributed by atoms with Gasteiger partial charge in [-0.15, -0.1) is 0 Å². The van der Waals surface area contributed by atoms with Gasteiger partial charge in [-0.2, -0.15) is 0 Å². The molecule has 0 aromatic carbocycles. The molecular weight excluding hydrogens is 342 g/mol. The molecule has 0 radical (unpaired) electrons. The van der Waals surface area contributed by atoms with E-state index in [4.69, 9.17) is 0 Å². The predicted molar refractivity (Wildman–Crippen MR) is 94.6 cm³/mol. The van der Waals surface area contributed by atoms with Crippen LogP contribution in [0.15, 0.2) is 17.1 Å². The van der Waals surface area contributed by atoms with E-state index in [0.717, 1.165) is 43.1 Å². The van der Waals surface area contributed by atoms with Crippen molar-refractivity contribution in [2.24, 2.45) is 0 Å². The maximum atomic E-state index is 12.3. The SMILES string of the molecule is Cc1nc(N2CCCC2)ncc1-c1cc(=O)n(C2CCS(=O)(=O)C2)[nH]1. The monoisotopic (exact) mass is 363 g/mol. The van der Waals surface area contributed by atoms with Crippen LogP contribution >= 0.6 is 0 Å². The Hall–Kier alpha value is -2.16. The summed E-state index contributed by atoms with van der Waals surface area (Å²) in [5.41, 5.74) is 1.96. The third kappa shape index (κ3) is 3.08. The topological polar surface area (TPSA) is 101 Å². The second kappa shape index (κ2) is 5.98. The van der Waals surface area contributed by atoms with E-state index in [-0.39, 0.29) is 23.1 Å². The van der Waals surface area contributed by atoms with Gasteiger partial charge in [0.2, 0.25) is 5.95 Å². The van der Waals surface area contributed by atoms with Crippen LogP contribution in [-0.2, 0) is 9.84 Å². The zero-order valence-electron chi connectivity index (χ0n) is 14.1. The first-order chi connectivity index (χ1) is 11.9. The molecule has 1 atom stereocenters. The van der Waals surface area contributed by atoms with Crippen molar-refractivity contribution in [2.45, 2.75) is 32.2 Å². The molecule has 2 aromatic rings. The van der Waals surface area contributed by atoms with Crippen molar-refractivity contribution in [2.75, 3.05) is 29.5 Å². The number of rotatable bonds is 3. The summed E-state index contributed by atoms with van der Waals surface area (Å²) in [7, 11) is -3.05. The Bertz CT molecular complexity index is 956. The van der Waals surface area contributed by atoms with Gasteiger partial charge in [-0.25, -0.2) is 23.1 Å². The first kappa shape index (κ1) is 16.3. The van der Waals surface area contributed by atoms with Crippen LogP contribution in [0, 0.1) is 6.92 Å². The van der Waals surface area contributed by atoms with Crippen LogP contribution in [0.3, 0.4) is 0 Å². The Morgan fingerprint density at radius 1 is 1.28 bits per heavy atom. The van der Waals surface area contributed by atoms with Crippen molar-refractivity contribution in [1.82, 2.24) is 19.7 Å². The molecule has 4 rings (SSSR count). The van der Waals surface area contributed by atoms with E-state index in [1.165, 1.54) is 10.7 Å². The lowest BCUT2D eigenvalue weighted by atomic mass is 10.2. The van der Waals surface area contributed by atoms with Gasteiger partial charge in [-0.05, 0) is 26.2 Å². The summed E-state index contributed by atoms with van der Waals surface area (Å²) >= 11 is 0. The van der Waals surface area contributed by atoms with Crippen LogP contribution in [0.25, 0.3) is 11.3 Å². The van der Waals surface area contributed by atoms with Crippen LogP contribution in [0.5, 0.6) is 0 Å². The third-order valence-electron chi connectivity index (χ3n) is 4.97. The molecule has 25 heavy (non-hydrogen) atoms. The fraction of sp³-hybridized carbons (Fsp3) is 0.562. The van der Waals surface area contributed by atoms with Gasteiger partial charge in [0.1, 0.15) is 0 Å². The van der Waals surface area contributed by atoms with Crippen LogP contribution in [0.2, 0.25) is 0 Å². The summed E-state index contributed by atoms with van der Waals surface area (Å²) in [5, 5.41) is 3.05. The predicted octanol–water partition coefficient (Wildman–Crippen LogP) is 0.902. The molecule has 0 amide bonds. The third-order valence-corrected chi connectivity index (χ3v) is 6.72. The highest BCUT2D eigenvalue weighted by molar-refractivity contribution is 7.91. The molecule has 2 aromatic heterocycles. The minimum absolute atomic E-state index is 0.0102. The molecule has 1 unspecified atom stereocenters. The highest BCUT2D eigenvalue weighted by Crippen LogP contribution is 2.25. The van der Waals surface area contributed by atoms with Crippen molar-refractivity contribution >= 4 is 15.8 Å². The minimum Gasteiger partial charge on any atom is -0.341 e. The standard InChI is InChI=1S/C16H21N5O3S/c1-11-13(9-17-16(18-11)20-5-2-3-6-20)14-8-15(22)21(19-14)12-4-7-25(23,24)10-12/h8-9,12,19H,2-7,10H2,1H3. The highest BCUT2D eigenvalue weighted by atomic mass is 32.2. The second-order valence-electron chi connectivity index (χ2n) is 6.80. The number of hydrogen-bond acceptors (Lipinski definition) is 6. The van der Waals surface area contributed by atoms with Crippen LogP contribution < -0.4 is 10.5 Å². The molecule has 1 N–H and O–H groups in total. The van der Waals surface area contributed by atoms with Crippen molar-refractivity contribution in [3.05, 3.63) is 28.3 Å². The molecule has 2 fully saturated rings. The maximum absolute atomic E-state index is 12.3. The molecular formula is C16H21N5O3S. The Kier molecular flexibility index (Phi) is 3.90. The number of aromatic nitrogens is 4. The van der Waals surface area contributed by atoms with E-state index in [0.29, 0.717) is 12.1 Å². The largest absolute Gasteiger partial charge is 0.341 e. The van der Waals surface area contributed by atoms with Gasteiger partial charge in [0, 0.05) is 30.9 Å². The number of anilines is 1. The van der Waals surface area contributed by atoms with Gasteiger partial charge < -0.3 is 4.90 Å². The fourth-order valence-corrected chi connectivity index (χ4v) is 5.29. The van der Waals surface area contributed by atoms with Gasteiger partial charge in [-0.1, -0.05) is 0 Å². The van der Waals surface area contributed by atoms with Crippen LogP contribution in [-0.4, -0.2) is 52.8 Å². The van der Waals surface area contributed by atoms with E-state index in [1.54, 1.807) is 6.20 Å². The smallest absolute Gasteiger partial charge is 0.267 e. The lowest BCUT2D eigenvalue weighted by Crippen LogP contribution is -2.22. The van der Waals surface area contributed by atoms with Crippen LogP contribution in [0.1, 0.15) is 31.0 Å². The molecule has 0 bridgehead atoms.